The van der Waals surface area contributed by atoms with E-state index in [0.29, 0.717) is 12.4 Å². The van der Waals surface area contributed by atoms with Crippen molar-refractivity contribution in [3.8, 4) is 5.75 Å². The fraction of sp³-hybridized carbons (Fsp3) is 0.417. The molecule has 0 saturated carbocycles. The molecule has 0 amide bonds. The van der Waals surface area contributed by atoms with Gasteiger partial charge in [-0.05, 0) is 31.2 Å². The fourth-order valence-corrected chi connectivity index (χ4v) is 5.00. The van der Waals surface area contributed by atoms with E-state index in [2.05, 4.69) is 0 Å². The van der Waals surface area contributed by atoms with Gasteiger partial charge in [0.15, 0.2) is 0 Å². The number of carboxylic acid groups (broad SMARTS) is 1. The molecule has 1 atom stereocenters. The van der Waals surface area contributed by atoms with Crippen LogP contribution < -0.4 is 4.74 Å². The standard InChI is InChI=1S/C12H15NO5S2/c1-2-18-9-3-5-10(6-4-9)20(16,17)13-8-19-7-11(13)12(14)15/h3-6,11H,2,7-8H2,1H3,(H,14,15). The van der Waals surface area contributed by atoms with Gasteiger partial charge in [0, 0.05) is 5.75 Å². The summed E-state index contributed by atoms with van der Waals surface area (Å²) < 4.78 is 31.1. The maximum atomic E-state index is 12.4. The minimum atomic E-state index is -3.79. The van der Waals surface area contributed by atoms with Crippen LogP contribution in [0.2, 0.25) is 0 Å². The minimum Gasteiger partial charge on any atom is -0.494 e. The highest BCUT2D eigenvalue weighted by Crippen LogP contribution is 2.29. The summed E-state index contributed by atoms with van der Waals surface area (Å²) in [5.74, 6) is -0.112. The van der Waals surface area contributed by atoms with Crippen LogP contribution >= 0.6 is 11.8 Å². The van der Waals surface area contributed by atoms with Crippen molar-refractivity contribution in [1.82, 2.24) is 4.31 Å². The number of thioether (sulfide) groups is 1. The van der Waals surface area contributed by atoms with Crippen LogP contribution in [0.25, 0.3) is 0 Å². The molecule has 2 rings (SSSR count). The van der Waals surface area contributed by atoms with Gasteiger partial charge in [-0.25, -0.2) is 8.42 Å². The van der Waals surface area contributed by atoms with E-state index < -0.39 is 22.0 Å². The topological polar surface area (TPSA) is 83.9 Å². The van der Waals surface area contributed by atoms with E-state index in [1.807, 2.05) is 6.92 Å². The quantitative estimate of drug-likeness (QED) is 0.879. The average molecular weight is 317 g/mol. The molecule has 1 aromatic rings. The maximum Gasteiger partial charge on any atom is 0.322 e. The monoisotopic (exact) mass is 317 g/mol. The molecule has 0 aromatic heterocycles. The molecule has 0 aliphatic carbocycles. The molecule has 1 saturated heterocycles. The molecule has 1 aromatic carbocycles. The first-order valence-electron chi connectivity index (χ1n) is 6.02. The third-order valence-electron chi connectivity index (χ3n) is 2.87. The zero-order valence-corrected chi connectivity index (χ0v) is 12.5. The SMILES string of the molecule is CCOc1ccc(S(=O)(=O)N2CSCC2C(=O)O)cc1. The largest absolute Gasteiger partial charge is 0.494 e. The maximum absolute atomic E-state index is 12.4. The molecule has 1 aliphatic heterocycles. The van der Waals surface area contributed by atoms with Gasteiger partial charge in [0.1, 0.15) is 11.8 Å². The van der Waals surface area contributed by atoms with Gasteiger partial charge in [0.25, 0.3) is 0 Å². The zero-order valence-electron chi connectivity index (χ0n) is 10.9. The smallest absolute Gasteiger partial charge is 0.322 e. The second-order valence-corrected chi connectivity index (χ2v) is 7.04. The lowest BCUT2D eigenvalue weighted by Crippen LogP contribution is -2.41. The Bertz CT molecular complexity index is 584. The van der Waals surface area contributed by atoms with E-state index in [4.69, 9.17) is 9.84 Å². The number of benzene rings is 1. The van der Waals surface area contributed by atoms with Gasteiger partial charge in [-0.1, -0.05) is 0 Å². The number of hydrogen-bond donors (Lipinski definition) is 1. The summed E-state index contributed by atoms with van der Waals surface area (Å²) >= 11 is 1.29. The molecule has 6 nitrogen and oxygen atoms in total. The highest BCUT2D eigenvalue weighted by atomic mass is 32.2. The Labute approximate surface area is 121 Å². The molecule has 0 spiro atoms. The molecule has 110 valence electrons. The molecule has 1 fully saturated rings. The Morgan fingerprint density at radius 1 is 1.45 bits per heavy atom. The highest BCUT2D eigenvalue weighted by molar-refractivity contribution is 8.00. The Morgan fingerprint density at radius 2 is 2.10 bits per heavy atom. The number of carboxylic acids is 1. The highest BCUT2D eigenvalue weighted by Gasteiger charge is 2.39. The van der Waals surface area contributed by atoms with Crippen LogP contribution in [0.15, 0.2) is 29.2 Å². The number of ether oxygens (including phenoxy) is 1. The van der Waals surface area contributed by atoms with Crippen molar-refractivity contribution in [2.24, 2.45) is 0 Å². The van der Waals surface area contributed by atoms with Crippen molar-refractivity contribution in [3.05, 3.63) is 24.3 Å². The number of carbonyl (C=O) groups is 1. The molecule has 1 unspecified atom stereocenters. The van der Waals surface area contributed by atoms with Gasteiger partial charge in [0.2, 0.25) is 10.0 Å². The summed E-state index contributed by atoms with van der Waals surface area (Å²) in [4.78, 5) is 11.2. The van der Waals surface area contributed by atoms with E-state index in [-0.39, 0.29) is 16.5 Å². The van der Waals surface area contributed by atoms with Crippen molar-refractivity contribution in [2.45, 2.75) is 17.9 Å². The number of aliphatic carboxylic acids is 1. The predicted molar refractivity (Wildman–Crippen MR) is 75.4 cm³/mol. The van der Waals surface area contributed by atoms with Gasteiger partial charge in [-0.3, -0.25) is 4.79 Å². The van der Waals surface area contributed by atoms with E-state index in [1.54, 1.807) is 12.1 Å². The second-order valence-electron chi connectivity index (χ2n) is 4.15. The summed E-state index contributed by atoms with van der Waals surface area (Å²) in [5, 5.41) is 9.07. The summed E-state index contributed by atoms with van der Waals surface area (Å²) in [6.07, 6.45) is 0. The lowest BCUT2D eigenvalue weighted by molar-refractivity contribution is -0.140. The van der Waals surface area contributed by atoms with Crippen LogP contribution in [0.1, 0.15) is 6.92 Å². The molecule has 20 heavy (non-hydrogen) atoms. The second kappa shape index (κ2) is 6.02. The van der Waals surface area contributed by atoms with Crippen LogP contribution in [0.4, 0.5) is 0 Å². The van der Waals surface area contributed by atoms with Gasteiger partial charge < -0.3 is 9.84 Å². The van der Waals surface area contributed by atoms with Crippen molar-refractivity contribution < 1.29 is 23.1 Å². The van der Waals surface area contributed by atoms with E-state index >= 15 is 0 Å². The molecule has 0 radical (unpaired) electrons. The van der Waals surface area contributed by atoms with E-state index in [1.165, 1.54) is 23.9 Å². The van der Waals surface area contributed by atoms with Crippen LogP contribution in [0.5, 0.6) is 5.75 Å². The molecule has 1 heterocycles. The van der Waals surface area contributed by atoms with Crippen LogP contribution in [0, 0.1) is 0 Å². The van der Waals surface area contributed by atoms with Crippen molar-refractivity contribution in [2.75, 3.05) is 18.2 Å². The first kappa shape index (κ1) is 15.1. The predicted octanol–water partition coefficient (Wildman–Crippen LogP) is 1.23. The van der Waals surface area contributed by atoms with Gasteiger partial charge in [-0.15, -0.1) is 11.8 Å². The summed E-state index contributed by atoms with van der Waals surface area (Å²) in [6, 6.07) is 4.99. The lowest BCUT2D eigenvalue weighted by atomic mass is 10.3. The van der Waals surface area contributed by atoms with E-state index in [9.17, 15) is 13.2 Å². The third-order valence-corrected chi connectivity index (χ3v) is 5.91. The van der Waals surface area contributed by atoms with Crippen molar-refractivity contribution in [1.29, 1.82) is 0 Å². The first-order valence-corrected chi connectivity index (χ1v) is 8.61. The molecular weight excluding hydrogens is 302 g/mol. The third kappa shape index (κ3) is 2.92. The van der Waals surface area contributed by atoms with Gasteiger partial charge in [-0.2, -0.15) is 4.31 Å². The van der Waals surface area contributed by atoms with Gasteiger partial charge in [0.05, 0.1) is 17.4 Å². The molecule has 1 N–H and O–H groups in total. The molecule has 0 bridgehead atoms. The van der Waals surface area contributed by atoms with Gasteiger partial charge >= 0.3 is 5.97 Å². The number of hydrogen-bond acceptors (Lipinski definition) is 5. The van der Waals surface area contributed by atoms with E-state index in [0.717, 1.165) is 4.31 Å². The lowest BCUT2D eigenvalue weighted by Gasteiger charge is -2.20. The zero-order chi connectivity index (χ0) is 14.8. The molecular formula is C12H15NO5S2. The van der Waals surface area contributed by atoms with Crippen LogP contribution in [0.3, 0.4) is 0 Å². The first-order chi connectivity index (χ1) is 9.46. The Morgan fingerprint density at radius 3 is 2.65 bits per heavy atom. The van der Waals surface area contributed by atoms with Crippen LogP contribution in [-0.4, -0.2) is 48.1 Å². The normalized spacial score (nSPS) is 19.9. The Kier molecular flexibility index (Phi) is 4.56. The fourth-order valence-electron chi connectivity index (χ4n) is 1.87. The van der Waals surface area contributed by atoms with Crippen molar-refractivity contribution >= 4 is 27.8 Å². The minimum absolute atomic E-state index is 0.0784. The number of rotatable bonds is 5. The molecule has 1 aliphatic rings. The average Bonchev–Trinajstić information content (AvgIpc) is 2.90. The summed E-state index contributed by atoms with van der Waals surface area (Å²) in [5.41, 5.74) is 0. The van der Waals surface area contributed by atoms with Crippen molar-refractivity contribution in [3.63, 3.8) is 0 Å². The number of nitrogens with zero attached hydrogens (tertiary/aromatic N) is 1. The Hall–Kier alpha value is -1.25. The number of sulfonamides is 1. The Balaban J connectivity index is 2.27. The molecule has 8 heteroatoms. The van der Waals surface area contributed by atoms with Crippen LogP contribution in [-0.2, 0) is 14.8 Å². The summed E-state index contributed by atoms with van der Waals surface area (Å²) in [7, 11) is -3.79. The summed E-state index contributed by atoms with van der Waals surface area (Å²) in [6.45, 7) is 2.33.